The number of rotatable bonds is 15. The number of nitrogens with one attached hydrogen (secondary N) is 2. The smallest absolute Gasteiger partial charge is 0.327 e. The highest BCUT2D eigenvalue weighted by Gasteiger charge is 2.74. The Labute approximate surface area is 307 Å². The molecular formula is C38H47N3O12. The zero-order valence-electron chi connectivity index (χ0n) is 30.0. The Morgan fingerprint density at radius 2 is 1.89 bits per heavy atom. The Hall–Kier alpha value is -4.38. The normalized spacial score (nSPS) is 26.8. The summed E-state index contributed by atoms with van der Waals surface area (Å²) in [6, 6.07) is 12.4. The average molecular weight is 738 g/mol. The molecule has 3 saturated heterocycles. The first-order valence-electron chi connectivity index (χ1n) is 17.8. The molecule has 53 heavy (non-hydrogen) atoms. The fourth-order valence-electron chi connectivity index (χ4n) is 7.42. The number of carbonyl (C=O) groups is 4. The van der Waals surface area contributed by atoms with Gasteiger partial charge in [-0.05, 0) is 62.1 Å². The van der Waals surface area contributed by atoms with E-state index in [1.807, 2.05) is 24.3 Å². The van der Waals surface area contributed by atoms with E-state index in [4.69, 9.17) is 33.6 Å². The lowest BCUT2D eigenvalue weighted by molar-refractivity contribution is -0.201. The van der Waals surface area contributed by atoms with Crippen LogP contribution < -0.4 is 10.6 Å². The van der Waals surface area contributed by atoms with Gasteiger partial charge in [-0.3, -0.25) is 24.0 Å². The fraction of sp³-hybridized carbons (Fsp3) is 0.526. The van der Waals surface area contributed by atoms with Crippen molar-refractivity contribution in [3.05, 3.63) is 77.0 Å². The Balaban J connectivity index is 1.17. The predicted molar refractivity (Wildman–Crippen MR) is 186 cm³/mol. The van der Waals surface area contributed by atoms with Crippen molar-refractivity contribution < 1.29 is 57.9 Å². The van der Waals surface area contributed by atoms with Gasteiger partial charge in [0.05, 0.1) is 32.1 Å². The lowest BCUT2D eigenvalue weighted by Crippen LogP contribution is -2.69. The summed E-state index contributed by atoms with van der Waals surface area (Å²) < 4.78 is 28.3. The first kappa shape index (κ1) is 38.3. The van der Waals surface area contributed by atoms with Gasteiger partial charge in [0.2, 0.25) is 5.91 Å². The van der Waals surface area contributed by atoms with Gasteiger partial charge in [0.25, 0.3) is 5.91 Å². The minimum Gasteiger partial charge on any atom is -0.499 e. The molecule has 1 aliphatic carbocycles. The predicted octanol–water partition coefficient (Wildman–Crippen LogP) is 1.74. The van der Waals surface area contributed by atoms with Crippen molar-refractivity contribution in [2.24, 2.45) is 5.41 Å². The van der Waals surface area contributed by atoms with E-state index in [9.17, 15) is 24.3 Å². The van der Waals surface area contributed by atoms with Crippen LogP contribution in [-0.4, -0.2) is 108 Å². The fourth-order valence-corrected chi connectivity index (χ4v) is 7.42. The number of benzene rings is 2. The van der Waals surface area contributed by atoms with Crippen LogP contribution >= 0.6 is 0 Å². The Morgan fingerprint density at radius 3 is 2.66 bits per heavy atom. The number of aliphatic hydroxyl groups excluding tert-OH is 2. The van der Waals surface area contributed by atoms with E-state index in [0.717, 1.165) is 11.1 Å². The molecule has 4 fully saturated rings. The first-order chi connectivity index (χ1) is 25.4. The second kappa shape index (κ2) is 16.3. The molecule has 3 heterocycles. The summed E-state index contributed by atoms with van der Waals surface area (Å²) in [5, 5.41) is 26.2. The van der Waals surface area contributed by atoms with E-state index in [2.05, 4.69) is 10.6 Å². The van der Waals surface area contributed by atoms with Gasteiger partial charge in [-0.15, -0.1) is 0 Å². The van der Waals surface area contributed by atoms with Crippen molar-refractivity contribution in [1.82, 2.24) is 15.7 Å². The van der Waals surface area contributed by atoms with Crippen LogP contribution in [0.15, 0.2) is 54.8 Å². The third-order valence-corrected chi connectivity index (χ3v) is 9.74. The van der Waals surface area contributed by atoms with E-state index in [1.54, 1.807) is 51.1 Å². The summed E-state index contributed by atoms with van der Waals surface area (Å²) >= 11 is 0. The van der Waals surface area contributed by atoms with E-state index in [0.29, 0.717) is 11.1 Å². The van der Waals surface area contributed by atoms with Gasteiger partial charge in [-0.2, -0.15) is 5.06 Å². The number of hydroxylamine groups is 2. The molecule has 2 aromatic carbocycles. The van der Waals surface area contributed by atoms with Gasteiger partial charge >= 0.3 is 11.9 Å². The molecule has 0 unspecified atom stereocenters. The Kier molecular flexibility index (Phi) is 11.8. The summed E-state index contributed by atoms with van der Waals surface area (Å²) in [7, 11) is 0. The summed E-state index contributed by atoms with van der Waals surface area (Å²) in [6.45, 7) is 5.10. The molecule has 2 bridgehead atoms. The standard InChI is InChI=1S/C38H47N3O12/c1-37(2,3)52-29(44)12-11-27(21-43)40-34(45)25-10-6-7-23(17-25)19-39-36(47)38-18-28-30-31(50-22-49-30)33(38)53-41(32(38)35(46)51-28)20-26-9-5-4-8-24(26)13-15-48-16-14-42/h4-10,13,15,17,27-28,30-33,42-43H,11-12,14,16,18-22H2,1-3H3,(H,39,47)(H,40,45)/t27-,28+,30-,31-,32-,33+,38-/m0/s1. The first-order valence-corrected chi connectivity index (χ1v) is 17.8. The van der Waals surface area contributed by atoms with E-state index < -0.39 is 71.3 Å². The SMILES string of the molecule is CC(C)(C)OC(=O)CC[C@@H](CO)NC(=O)c1cccc(CNC(=O)[C@@]23C[C@H]4OC(=O)[C@@H]2N(Cc2ccccc2C=COCCO)O[C@@H]3[C@H]2OCO[C@H]24)c1. The van der Waals surface area contributed by atoms with E-state index in [-0.39, 0.29) is 59.0 Å². The monoisotopic (exact) mass is 737 g/mol. The minimum absolute atomic E-state index is 0.0246. The number of ether oxygens (including phenoxy) is 5. The quantitative estimate of drug-likeness (QED) is 0.118. The molecule has 15 nitrogen and oxygen atoms in total. The number of hydrogen-bond donors (Lipinski definition) is 4. The molecule has 15 heteroatoms. The number of carbonyl (C=O) groups excluding carboxylic acids is 4. The maximum absolute atomic E-state index is 14.5. The maximum Gasteiger partial charge on any atom is 0.327 e. The molecule has 0 radical (unpaired) electrons. The number of nitrogens with zero attached hydrogens (tertiary/aromatic N) is 1. The molecule has 2 amide bonds. The van der Waals surface area contributed by atoms with Crippen molar-refractivity contribution in [1.29, 1.82) is 0 Å². The summed E-state index contributed by atoms with van der Waals surface area (Å²) in [4.78, 5) is 60.0. The Morgan fingerprint density at radius 1 is 1.09 bits per heavy atom. The van der Waals surface area contributed by atoms with Crippen LogP contribution in [0.3, 0.4) is 0 Å². The minimum atomic E-state index is -1.37. The molecule has 0 spiro atoms. The van der Waals surface area contributed by atoms with Gasteiger partial charge in [-0.25, -0.2) is 0 Å². The van der Waals surface area contributed by atoms with Crippen molar-refractivity contribution >= 4 is 29.8 Å². The summed E-state index contributed by atoms with van der Waals surface area (Å²) in [6.07, 6.45) is 0.790. The van der Waals surface area contributed by atoms with E-state index >= 15 is 0 Å². The average Bonchev–Trinajstić information content (AvgIpc) is 3.76. The van der Waals surface area contributed by atoms with Crippen LogP contribution in [0, 0.1) is 5.41 Å². The zero-order valence-corrected chi connectivity index (χ0v) is 30.0. The van der Waals surface area contributed by atoms with Gasteiger partial charge in [0.15, 0.2) is 6.04 Å². The van der Waals surface area contributed by atoms with Gasteiger partial charge < -0.3 is 44.5 Å². The van der Waals surface area contributed by atoms with Crippen LogP contribution in [-0.2, 0) is 56.0 Å². The molecule has 7 atom stereocenters. The number of fused-ring (bicyclic) bond motifs is 4. The molecular weight excluding hydrogens is 690 g/mol. The molecule has 2 aromatic rings. The van der Waals surface area contributed by atoms with Crippen LogP contribution in [0.2, 0.25) is 0 Å². The van der Waals surface area contributed by atoms with Gasteiger partial charge in [-0.1, -0.05) is 36.4 Å². The number of esters is 2. The van der Waals surface area contributed by atoms with Crippen molar-refractivity contribution in [3.63, 3.8) is 0 Å². The third-order valence-electron chi connectivity index (χ3n) is 9.74. The lowest BCUT2D eigenvalue weighted by Gasteiger charge is -2.48. The summed E-state index contributed by atoms with van der Waals surface area (Å²) in [5.74, 6) is -1.90. The summed E-state index contributed by atoms with van der Waals surface area (Å²) in [5.41, 5.74) is 0.492. The number of hydrogen-bond acceptors (Lipinski definition) is 13. The van der Waals surface area contributed by atoms with Gasteiger partial charge in [0.1, 0.15) is 48.8 Å². The third kappa shape index (κ3) is 8.40. The number of aliphatic hydroxyl groups is 2. The zero-order chi connectivity index (χ0) is 37.8. The van der Waals surface area contributed by atoms with Crippen LogP contribution in [0.25, 0.3) is 6.08 Å². The molecule has 4 aliphatic rings. The second-order valence-electron chi connectivity index (χ2n) is 14.6. The number of amides is 2. The molecule has 6 rings (SSSR count). The molecule has 4 N–H and O–H groups in total. The van der Waals surface area contributed by atoms with Crippen LogP contribution in [0.5, 0.6) is 0 Å². The molecule has 1 saturated carbocycles. The van der Waals surface area contributed by atoms with Crippen molar-refractivity contribution in [3.8, 4) is 0 Å². The largest absolute Gasteiger partial charge is 0.499 e. The van der Waals surface area contributed by atoms with Crippen molar-refractivity contribution in [2.45, 2.75) is 95.2 Å². The maximum atomic E-state index is 14.5. The molecule has 3 aliphatic heterocycles. The van der Waals surface area contributed by atoms with E-state index in [1.165, 1.54) is 11.3 Å². The highest BCUT2D eigenvalue weighted by molar-refractivity contribution is 5.95. The molecule has 286 valence electrons. The molecule has 0 aromatic heterocycles. The van der Waals surface area contributed by atoms with Crippen LogP contribution in [0.1, 0.15) is 67.1 Å². The van der Waals surface area contributed by atoms with Crippen molar-refractivity contribution in [2.75, 3.05) is 26.6 Å². The Bertz CT molecular complexity index is 1690. The highest BCUT2D eigenvalue weighted by atomic mass is 16.8. The second-order valence-corrected chi connectivity index (χ2v) is 14.6. The highest BCUT2D eigenvalue weighted by Crippen LogP contribution is 2.55. The lowest BCUT2D eigenvalue weighted by atomic mass is 9.62. The van der Waals surface area contributed by atoms with Gasteiger partial charge in [0, 0.05) is 24.9 Å². The topological polar surface area (TPSA) is 191 Å². The van der Waals surface area contributed by atoms with Crippen LogP contribution in [0.4, 0.5) is 0 Å².